The Kier molecular flexibility index (Phi) is 3.62. The Hall–Kier alpha value is -1.46. The van der Waals surface area contributed by atoms with Gasteiger partial charge in [0.1, 0.15) is 11.3 Å². The van der Waals surface area contributed by atoms with Crippen LogP contribution in [0.4, 0.5) is 0 Å². The summed E-state index contributed by atoms with van der Waals surface area (Å²) in [7, 11) is 0. The van der Waals surface area contributed by atoms with Crippen LogP contribution in [0.5, 0.6) is 0 Å². The number of piperidine rings is 1. The van der Waals surface area contributed by atoms with Gasteiger partial charge in [-0.25, -0.2) is 0 Å². The van der Waals surface area contributed by atoms with Crippen LogP contribution in [0, 0.1) is 0 Å². The first kappa shape index (κ1) is 14.2. The van der Waals surface area contributed by atoms with Crippen molar-refractivity contribution in [2.24, 2.45) is 0 Å². The summed E-state index contributed by atoms with van der Waals surface area (Å²) in [6.45, 7) is 4.67. The number of likely N-dealkylation sites (tertiary alicyclic amines) is 2. The number of hydrogen-bond donors (Lipinski definition) is 0. The van der Waals surface area contributed by atoms with E-state index in [0.717, 1.165) is 13.0 Å². The van der Waals surface area contributed by atoms with Gasteiger partial charge in [-0.15, -0.1) is 0 Å². The van der Waals surface area contributed by atoms with E-state index in [0.29, 0.717) is 24.8 Å². The summed E-state index contributed by atoms with van der Waals surface area (Å²) in [6.07, 6.45) is 6.73. The van der Waals surface area contributed by atoms with E-state index in [1.807, 2.05) is 17.0 Å². The average Bonchev–Trinajstić information content (AvgIpc) is 3.00. The number of rotatable bonds is 2. The fourth-order valence-electron chi connectivity index (χ4n) is 4.00. The molecule has 22 heavy (non-hydrogen) atoms. The molecule has 1 unspecified atom stereocenters. The lowest BCUT2D eigenvalue weighted by Crippen LogP contribution is -2.63. The van der Waals surface area contributed by atoms with Crippen LogP contribution < -0.4 is 0 Å². The number of carbonyl (C=O) groups is 1. The number of amides is 1. The topological polar surface area (TPSA) is 45.7 Å². The standard InChI is InChI=1S/C17H23N3O2/c21-16(15-6-2-3-7-18-15)20-12-17(13-20)10-14(11-22-17)19-8-4-1-5-9-19/h2-3,6-7,14H,1,4-5,8-13H2. The molecule has 3 aliphatic heterocycles. The Labute approximate surface area is 131 Å². The average molecular weight is 301 g/mol. The second kappa shape index (κ2) is 5.63. The third kappa shape index (κ3) is 2.52. The summed E-state index contributed by atoms with van der Waals surface area (Å²) >= 11 is 0. The van der Waals surface area contributed by atoms with Crippen molar-refractivity contribution in [3.63, 3.8) is 0 Å². The Morgan fingerprint density at radius 2 is 2.05 bits per heavy atom. The highest BCUT2D eigenvalue weighted by Gasteiger charge is 2.52. The van der Waals surface area contributed by atoms with Crippen molar-refractivity contribution in [3.05, 3.63) is 30.1 Å². The SMILES string of the molecule is O=C(c1ccccn1)N1CC2(CC(N3CCCCC3)CO2)C1. The van der Waals surface area contributed by atoms with E-state index in [1.165, 1.54) is 32.4 Å². The van der Waals surface area contributed by atoms with Crippen LogP contribution >= 0.6 is 0 Å². The molecule has 0 bridgehead atoms. The molecule has 0 aliphatic carbocycles. The minimum Gasteiger partial charge on any atom is -0.370 e. The van der Waals surface area contributed by atoms with Crippen molar-refractivity contribution in [2.45, 2.75) is 37.3 Å². The van der Waals surface area contributed by atoms with E-state index in [-0.39, 0.29) is 11.5 Å². The van der Waals surface area contributed by atoms with Crippen LogP contribution in [-0.4, -0.2) is 65.1 Å². The van der Waals surface area contributed by atoms with E-state index < -0.39 is 0 Å². The van der Waals surface area contributed by atoms with E-state index in [4.69, 9.17) is 4.74 Å². The maximum absolute atomic E-state index is 12.3. The summed E-state index contributed by atoms with van der Waals surface area (Å²) in [5.74, 6) is 0.0243. The van der Waals surface area contributed by atoms with Gasteiger partial charge in [0.15, 0.2) is 0 Å². The van der Waals surface area contributed by atoms with E-state index >= 15 is 0 Å². The number of aromatic nitrogens is 1. The highest BCUT2D eigenvalue weighted by atomic mass is 16.5. The lowest BCUT2D eigenvalue weighted by atomic mass is 9.88. The second-order valence-electron chi connectivity index (χ2n) is 6.82. The van der Waals surface area contributed by atoms with Gasteiger partial charge in [-0.05, 0) is 44.5 Å². The van der Waals surface area contributed by atoms with Crippen molar-refractivity contribution in [1.29, 1.82) is 0 Å². The lowest BCUT2D eigenvalue weighted by molar-refractivity contribution is -0.0952. The molecule has 5 nitrogen and oxygen atoms in total. The van der Waals surface area contributed by atoms with Crippen molar-refractivity contribution >= 4 is 5.91 Å². The van der Waals surface area contributed by atoms with Gasteiger partial charge in [0.25, 0.3) is 5.91 Å². The molecule has 5 heteroatoms. The van der Waals surface area contributed by atoms with Gasteiger partial charge in [0, 0.05) is 12.2 Å². The van der Waals surface area contributed by atoms with E-state index in [2.05, 4.69) is 9.88 Å². The van der Waals surface area contributed by atoms with Crippen molar-refractivity contribution in [2.75, 3.05) is 32.8 Å². The molecular weight excluding hydrogens is 278 g/mol. The molecular formula is C17H23N3O2. The molecule has 0 radical (unpaired) electrons. The molecule has 118 valence electrons. The van der Waals surface area contributed by atoms with Gasteiger partial charge >= 0.3 is 0 Å². The van der Waals surface area contributed by atoms with Gasteiger partial charge in [0.2, 0.25) is 0 Å². The predicted octanol–water partition coefficient (Wildman–Crippen LogP) is 1.55. The summed E-state index contributed by atoms with van der Waals surface area (Å²) in [5, 5.41) is 0. The third-order valence-corrected chi connectivity index (χ3v) is 5.23. The highest BCUT2D eigenvalue weighted by molar-refractivity contribution is 5.93. The molecule has 1 spiro atoms. The largest absolute Gasteiger partial charge is 0.370 e. The smallest absolute Gasteiger partial charge is 0.272 e. The van der Waals surface area contributed by atoms with Gasteiger partial charge in [-0.1, -0.05) is 12.5 Å². The maximum atomic E-state index is 12.3. The number of nitrogens with zero attached hydrogens (tertiary/aromatic N) is 3. The van der Waals surface area contributed by atoms with Crippen LogP contribution in [0.2, 0.25) is 0 Å². The Morgan fingerprint density at radius 1 is 1.23 bits per heavy atom. The number of ether oxygens (including phenoxy) is 1. The molecule has 0 aromatic carbocycles. The zero-order valence-electron chi connectivity index (χ0n) is 12.9. The first-order valence-corrected chi connectivity index (χ1v) is 8.34. The van der Waals surface area contributed by atoms with Crippen LogP contribution in [0.25, 0.3) is 0 Å². The molecule has 0 N–H and O–H groups in total. The third-order valence-electron chi connectivity index (χ3n) is 5.23. The molecule has 0 saturated carbocycles. The number of hydrogen-bond acceptors (Lipinski definition) is 4. The van der Waals surface area contributed by atoms with Crippen LogP contribution in [-0.2, 0) is 4.74 Å². The summed E-state index contributed by atoms with van der Waals surface area (Å²) in [6, 6.07) is 6.01. The lowest BCUT2D eigenvalue weighted by Gasteiger charge is -2.47. The highest BCUT2D eigenvalue weighted by Crippen LogP contribution is 2.38. The van der Waals surface area contributed by atoms with Crippen molar-refractivity contribution < 1.29 is 9.53 Å². The van der Waals surface area contributed by atoms with E-state index in [9.17, 15) is 4.79 Å². The molecule has 1 aromatic rings. The first-order valence-electron chi connectivity index (χ1n) is 8.34. The fourth-order valence-corrected chi connectivity index (χ4v) is 4.00. The van der Waals surface area contributed by atoms with Gasteiger partial charge in [0.05, 0.1) is 19.7 Å². The molecule has 3 saturated heterocycles. The number of carbonyl (C=O) groups excluding carboxylic acids is 1. The Morgan fingerprint density at radius 3 is 2.77 bits per heavy atom. The Balaban J connectivity index is 1.34. The molecule has 4 rings (SSSR count). The van der Waals surface area contributed by atoms with Crippen molar-refractivity contribution in [3.8, 4) is 0 Å². The van der Waals surface area contributed by atoms with Crippen LogP contribution in [0.15, 0.2) is 24.4 Å². The molecule has 1 atom stereocenters. The van der Waals surface area contributed by atoms with E-state index in [1.54, 1.807) is 12.3 Å². The minimum atomic E-state index is -0.0907. The maximum Gasteiger partial charge on any atom is 0.272 e. The zero-order valence-corrected chi connectivity index (χ0v) is 12.9. The fraction of sp³-hybridized carbons (Fsp3) is 0.647. The first-order chi connectivity index (χ1) is 10.8. The molecule has 3 aliphatic rings. The zero-order chi connectivity index (χ0) is 15.0. The predicted molar refractivity (Wildman–Crippen MR) is 82.7 cm³/mol. The second-order valence-corrected chi connectivity index (χ2v) is 6.82. The van der Waals surface area contributed by atoms with Gasteiger partial charge < -0.3 is 9.64 Å². The van der Waals surface area contributed by atoms with Crippen LogP contribution in [0.1, 0.15) is 36.2 Å². The Bertz CT molecular complexity index is 536. The van der Waals surface area contributed by atoms with Gasteiger partial charge in [-0.3, -0.25) is 14.7 Å². The van der Waals surface area contributed by atoms with Crippen LogP contribution in [0.3, 0.4) is 0 Å². The normalized spacial score (nSPS) is 27.8. The molecule has 3 fully saturated rings. The quantitative estimate of drug-likeness (QED) is 0.831. The minimum absolute atomic E-state index is 0.0243. The molecule has 4 heterocycles. The monoisotopic (exact) mass is 301 g/mol. The number of pyridine rings is 1. The summed E-state index contributed by atoms with van der Waals surface area (Å²) in [4.78, 5) is 20.9. The molecule has 1 aromatic heterocycles. The summed E-state index contributed by atoms with van der Waals surface area (Å²) in [5.41, 5.74) is 0.440. The summed E-state index contributed by atoms with van der Waals surface area (Å²) < 4.78 is 6.10. The van der Waals surface area contributed by atoms with Gasteiger partial charge in [-0.2, -0.15) is 0 Å². The van der Waals surface area contributed by atoms with Crippen molar-refractivity contribution in [1.82, 2.24) is 14.8 Å². The molecule has 1 amide bonds.